The van der Waals surface area contributed by atoms with Gasteiger partial charge in [0.1, 0.15) is 5.75 Å². The van der Waals surface area contributed by atoms with Gasteiger partial charge in [-0.3, -0.25) is 4.79 Å². The second kappa shape index (κ2) is 4.75. The molecule has 1 aliphatic carbocycles. The summed E-state index contributed by atoms with van der Waals surface area (Å²) in [4.78, 5) is 11.9. The van der Waals surface area contributed by atoms with Crippen LogP contribution in [0.1, 0.15) is 28.8 Å². The number of phenolic OH excluding ortho intramolecular Hbond substituents is 1. The first-order valence-electron chi connectivity index (χ1n) is 5.90. The molecule has 1 amide bonds. The van der Waals surface area contributed by atoms with E-state index in [2.05, 4.69) is 5.32 Å². The van der Waals surface area contributed by atoms with Gasteiger partial charge < -0.3 is 16.2 Å². The Kier molecular flexibility index (Phi) is 3.33. The van der Waals surface area contributed by atoms with Gasteiger partial charge >= 0.3 is 0 Å². The number of aromatic hydroxyl groups is 1. The van der Waals surface area contributed by atoms with E-state index in [4.69, 9.17) is 5.73 Å². The summed E-state index contributed by atoms with van der Waals surface area (Å²) >= 11 is 0. The fraction of sp³-hybridized carbons (Fsp3) is 0.462. The third kappa shape index (κ3) is 2.58. The van der Waals surface area contributed by atoms with Crippen LogP contribution in [0, 0.1) is 12.8 Å². The van der Waals surface area contributed by atoms with Crippen LogP contribution < -0.4 is 11.1 Å². The molecule has 0 aromatic heterocycles. The van der Waals surface area contributed by atoms with Crippen molar-refractivity contribution < 1.29 is 9.90 Å². The molecule has 0 atom stereocenters. The van der Waals surface area contributed by atoms with Crippen LogP contribution in [0.25, 0.3) is 0 Å². The highest BCUT2D eigenvalue weighted by atomic mass is 16.3. The van der Waals surface area contributed by atoms with Crippen molar-refractivity contribution in [3.63, 3.8) is 0 Å². The molecule has 0 saturated heterocycles. The monoisotopic (exact) mass is 234 g/mol. The van der Waals surface area contributed by atoms with Crippen LogP contribution in [0.3, 0.4) is 0 Å². The minimum atomic E-state index is -0.126. The van der Waals surface area contributed by atoms with Crippen molar-refractivity contribution in [2.24, 2.45) is 11.7 Å². The van der Waals surface area contributed by atoms with E-state index >= 15 is 0 Å². The first-order valence-corrected chi connectivity index (χ1v) is 5.90. The summed E-state index contributed by atoms with van der Waals surface area (Å²) in [6.45, 7) is 2.41. The van der Waals surface area contributed by atoms with Gasteiger partial charge in [-0.15, -0.1) is 0 Å². The van der Waals surface area contributed by atoms with Gasteiger partial charge in [-0.25, -0.2) is 0 Å². The maximum atomic E-state index is 11.9. The van der Waals surface area contributed by atoms with Gasteiger partial charge in [-0.05, 0) is 37.8 Å². The van der Waals surface area contributed by atoms with Gasteiger partial charge in [-0.1, -0.05) is 6.07 Å². The molecule has 1 aromatic carbocycles. The lowest BCUT2D eigenvalue weighted by Crippen LogP contribution is -2.42. The number of carbonyl (C=O) groups is 1. The van der Waals surface area contributed by atoms with E-state index < -0.39 is 0 Å². The van der Waals surface area contributed by atoms with Crippen molar-refractivity contribution in [3.8, 4) is 5.75 Å². The summed E-state index contributed by atoms with van der Waals surface area (Å²) in [5, 5.41) is 12.4. The van der Waals surface area contributed by atoms with Crippen LogP contribution in [0.2, 0.25) is 0 Å². The molecule has 1 aliphatic rings. The lowest BCUT2D eigenvalue weighted by atomic mass is 9.81. The summed E-state index contributed by atoms with van der Waals surface area (Å²) in [5.41, 5.74) is 6.84. The maximum absolute atomic E-state index is 11.9. The van der Waals surface area contributed by atoms with Crippen molar-refractivity contribution >= 4 is 5.91 Å². The minimum Gasteiger partial charge on any atom is -0.508 e. The lowest BCUT2D eigenvalue weighted by Gasteiger charge is -2.32. The third-order valence-electron chi connectivity index (χ3n) is 3.37. The number of carbonyl (C=O) groups excluding carboxylic acids is 1. The Morgan fingerprint density at radius 2 is 2.24 bits per heavy atom. The first kappa shape index (κ1) is 11.9. The molecule has 0 unspecified atom stereocenters. The summed E-state index contributed by atoms with van der Waals surface area (Å²) in [7, 11) is 0. The predicted octanol–water partition coefficient (Wildman–Crippen LogP) is 1.17. The Morgan fingerprint density at radius 1 is 1.53 bits per heavy atom. The second-order valence-corrected chi connectivity index (χ2v) is 4.76. The Hall–Kier alpha value is -1.55. The van der Waals surface area contributed by atoms with E-state index in [0.717, 1.165) is 12.8 Å². The van der Waals surface area contributed by atoms with Crippen LogP contribution >= 0.6 is 0 Å². The summed E-state index contributed by atoms with van der Waals surface area (Å²) in [5.74, 6) is 0.536. The van der Waals surface area contributed by atoms with E-state index in [1.807, 2.05) is 0 Å². The normalized spacial score (nSPS) is 22.9. The topological polar surface area (TPSA) is 75.3 Å². The number of hydrogen-bond donors (Lipinski definition) is 3. The molecule has 4 heteroatoms. The lowest BCUT2D eigenvalue weighted by molar-refractivity contribution is 0.0934. The van der Waals surface area contributed by atoms with Crippen molar-refractivity contribution in [2.75, 3.05) is 6.54 Å². The van der Waals surface area contributed by atoms with Crippen molar-refractivity contribution in [3.05, 3.63) is 29.3 Å². The first-order chi connectivity index (χ1) is 8.08. The molecule has 1 aromatic rings. The predicted molar refractivity (Wildman–Crippen MR) is 65.9 cm³/mol. The van der Waals surface area contributed by atoms with Gasteiger partial charge in [0.2, 0.25) is 0 Å². The molecule has 1 saturated carbocycles. The molecule has 1 fully saturated rings. The van der Waals surface area contributed by atoms with Crippen LogP contribution in [0.15, 0.2) is 18.2 Å². The molecule has 0 heterocycles. The standard InChI is InChI=1S/C13H18N2O2/c1-8-11(3-2-4-12(8)16)13(17)15-7-9-5-10(14)6-9/h2-4,9-10,16H,5-7,14H2,1H3,(H,15,17). The zero-order valence-corrected chi connectivity index (χ0v) is 9.94. The number of phenols is 1. The van der Waals surface area contributed by atoms with Gasteiger partial charge in [0.25, 0.3) is 5.91 Å². The van der Waals surface area contributed by atoms with Crippen molar-refractivity contribution in [1.29, 1.82) is 0 Å². The molecule has 0 spiro atoms. The fourth-order valence-electron chi connectivity index (χ4n) is 2.16. The van der Waals surface area contributed by atoms with Crippen LogP contribution in [-0.4, -0.2) is 23.6 Å². The van der Waals surface area contributed by atoms with Crippen LogP contribution in [-0.2, 0) is 0 Å². The molecule has 0 aliphatic heterocycles. The molecule has 17 heavy (non-hydrogen) atoms. The largest absolute Gasteiger partial charge is 0.508 e. The number of nitrogens with one attached hydrogen (secondary N) is 1. The summed E-state index contributed by atoms with van der Waals surface area (Å²) in [6.07, 6.45) is 1.97. The Balaban J connectivity index is 1.93. The Morgan fingerprint density at radius 3 is 2.88 bits per heavy atom. The summed E-state index contributed by atoms with van der Waals surface area (Å²) in [6, 6.07) is 5.28. The van der Waals surface area contributed by atoms with Gasteiger partial charge in [0.05, 0.1) is 0 Å². The number of benzene rings is 1. The highest BCUT2D eigenvalue weighted by Gasteiger charge is 2.26. The fourth-order valence-corrected chi connectivity index (χ4v) is 2.16. The van der Waals surface area contributed by atoms with E-state index in [1.165, 1.54) is 0 Å². The Bertz CT molecular complexity index is 425. The highest BCUT2D eigenvalue weighted by molar-refractivity contribution is 5.96. The van der Waals surface area contributed by atoms with Gasteiger partial charge in [0, 0.05) is 23.7 Å². The zero-order valence-electron chi connectivity index (χ0n) is 9.94. The van der Waals surface area contributed by atoms with Crippen LogP contribution in [0.5, 0.6) is 5.75 Å². The molecule has 0 radical (unpaired) electrons. The van der Waals surface area contributed by atoms with Gasteiger partial charge in [0.15, 0.2) is 0 Å². The second-order valence-electron chi connectivity index (χ2n) is 4.76. The molecule has 4 nitrogen and oxygen atoms in total. The quantitative estimate of drug-likeness (QED) is 0.734. The van der Waals surface area contributed by atoms with Gasteiger partial charge in [-0.2, -0.15) is 0 Å². The number of hydrogen-bond acceptors (Lipinski definition) is 3. The number of rotatable bonds is 3. The minimum absolute atomic E-state index is 0.126. The molecular formula is C13H18N2O2. The highest BCUT2D eigenvalue weighted by Crippen LogP contribution is 2.25. The van der Waals surface area contributed by atoms with Crippen molar-refractivity contribution in [1.82, 2.24) is 5.32 Å². The van der Waals surface area contributed by atoms with E-state index in [9.17, 15) is 9.90 Å². The molecule has 2 rings (SSSR count). The van der Waals surface area contributed by atoms with E-state index in [0.29, 0.717) is 29.6 Å². The molecule has 0 bridgehead atoms. The van der Waals surface area contributed by atoms with E-state index in [-0.39, 0.29) is 11.7 Å². The summed E-state index contributed by atoms with van der Waals surface area (Å²) < 4.78 is 0. The number of nitrogens with two attached hydrogens (primary N) is 1. The molecule has 92 valence electrons. The van der Waals surface area contributed by atoms with Crippen molar-refractivity contribution in [2.45, 2.75) is 25.8 Å². The molecular weight excluding hydrogens is 216 g/mol. The number of amides is 1. The average Bonchev–Trinajstić information content (AvgIpc) is 2.26. The smallest absolute Gasteiger partial charge is 0.251 e. The zero-order chi connectivity index (χ0) is 12.4. The average molecular weight is 234 g/mol. The Labute approximate surface area is 101 Å². The SMILES string of the molecule is Cc1c(O)cccc1C(=O)NCC1CC(N)C1. The van der Waals surface area contributed by atoms with E-state index in [1.54, 1.807) is 25.1 Å². The molecule has 4 N–H and O–H groups in total. The van der Waals surface area contributed by atoms with Crippen LogP contribution in [0.4, 0.5) is 0 Å². The maximum Gasteiger partial charge on any atom is 0.251 e. The third-order valence-corrected chi connectivity index (χ3v) is 3.37.